The molecule has 158 valence electrons. The number of hydrogen-bond donors (Lipinski definition) is 1. The number of benzene rings is 1. The van der Waals surface area contributed by atoms with E-state index in [1.807, 2.05) is 0 Å². The predicted octanol–water partition coefficient (Wildman–Crippen LogP) is 5.13. The molecule has 1 aromatic carbocycles. The van der Waals surface area contributed by atoms with Crippen molar-refractivity contribution in [2.24, 2.45) is 0 Å². The van der Waals surface area contributed by atoms with Crippen molar-refractivity contribution in [3.8, 4) is 17.2 Å². The maximum atomic E-state index is 12.9. The maximum absolute atomic E-state index is 12.9. The van der Waals surface area contributed by atoms with Gasteiger partial charge in [-0.25, -0.2) is 9.67 Å². The lowest BCUT2D eigenvalue weighted by Gasteiger charge is -2.10. The number of nitrogens with zero attached hydrogens (tertiary/aromatic N) is 5. The van der Waals surface area contributed by atoms with Crippen LogP contribution in [-0.2, 0) is 12.7 Å². The van der Waals surface area contributed by atoms with Gasteiger partial charge in [-0.2, -0.15) is 13.2 Å². The van der Waals surface area contributed by atoms with Gasteiger partial charge in [-0.15, -0.1) is 5.10 Å². The van der Waals surface area contributed by atoms with Crippen molar-refractivity contribution < 1.29 is 17.9 Å². The zero-order chi connectivity index (χ0) is 21.8. The number of halogens is 4. The molecule has 0 bridgehead atoms. The number of anilines is 1. The van der Waals surface area contributed by atoms with Crippen LogP contribution in [0.1, 0.15) is 11.4 Å². The van der Waals surface area contributed by atoms with E-state index in [9.17, 15) is 13.2 Å². The Morgan fingerprint density at radius 2 is 1.87 bits per heavy atom. The van der Waals surface area contributed by atoms with Crippen molar-refractivity contribution in [3.05, 3.63) is 83.7 Å². The second-order valence-corrected chi connectivity index (χ2v) is 6.74. The molecule has 0 amide bonds. The van der Waals surface area contributed by atoms with Crippen molar-refractivity contribution in [2.75, 3.05) is 5.32 Å². The summed E-state index contributed by atoms with van der Waals surface area (Å²) in [6, 6.07) is 12.9. The van der Waals surface area contributed by atoms with Crippen LogP contribution in [0.2, 0.25) is 5.15 Å². The number of pyridine rings is 2. The van der Waals surface area contributed by atoms with E-state index in [-0.39, 0.29) is 17.4 Å². The van der Waals surface area contributed by atoms with Crippen molar-refractivity contribution >= 4 is 17.3 Å². The first-order valence-corrected chi connectivity index (χ1v) is 9.33. The second kappa shape index (κ2) is 8.60. The number of nitrogens with one attached hydrogen (secondary N) is 1. The zero-order valence-corrected chi connectivity index (χ0v) is 16.5. The smallest absolute Gasteiger partial charge is 0.433 e. The Morgan fingerprint density at radius 1 is 1.06 bits per heavy atom. The summed E-state index contributed by atoms with van der Waals surface area (Å²) in [4.78, 5) is 7.28. The fourth-order valence-corrected chi connectivity index (χ4v) is 2.86. The summed E-state index contributed by atoms with van der Waals surface area (Å²) in [7, 11) is 0. The molecule has 3 heterocycles. The summed E-state index contributed by atoms with van der Waals surface area (Å²) in [6.07, 6.45) is 0.346. The first-order valence-electron chi connectivity index (χ1n) is 8.95. The minimum Gasteiger partial charge on any atom is -0.456 e. The monoisotopic (exact) mass is 446 g/mol. The van der Waals surface area contributed by atoms with Crippen molar-refractivity contribution in [3.63, 3.8) is 0 Å². The highest BCUT2D eigenvalue weighted by Crippen LogP contribution is 2.31. The summed E-state index contributed by atoms with van der Waals surface area (Å²) in [5.74, 6) is 1.25. The molecule has 11 heteroatoms. The van der Waals surface area contributed by atoms with Gasteiger partial charge in [0.2, 0.25) is 0 Å². The van der Waals surface area contributed by atoms with Crippen molar-refractivity contribution in [2.45, 2.75) is 12.7 Å². The average molecular weight is 447 g/mol. The number of rotatable bonds is 6. The van der Waals surface area contributed by atoms with Crippen LogP contribution in [0.4, 0.5) is 18.9 Å². The first-order chi connectivity index (χ1) is 14.9. The molecule has 0 aliphatic rings. The average Bonchev–Trinajstić information content (AvgIpc) is 3.22. The normalized spacial score (nSPS) is 11.4. The van der Waals surface area contributed by atoms with Gasteiger partial charge in [0.15, 0.2) is 0 Å². The third kappa shape index (κ3) is 5.28. The summed E-state index contributed by atoms with van der Waals surface area (Å²) in [5.41, 5.74) is 0.374. The van der Waals surface area contributed by atoms with Gasteiger partial charge in [-0.1, -0.05) is 16.8 Å². The van der Waals surface area contributed by atoms with Crippen molar-refractivity contribution in [1.29, 1.82) is 0 Å². The fourth-order valence-electron chi connectivity index (χ4n) is 2.65. The lowest BCUT2D eigenvalue weighted by molar-refractivity contribution is -0.141. The largest absolute Gasteiger partial charge is 0.456 e. The summed E-state index contributed by atoms with van der Waals surface area (Å²) in [6.45, 7) is 0.153. The third-order valence-electron chi connectivity index (χ3n) is 4.07. The number of hydrogen-bond acceptors (Lipinski definition) is 6. The first kappa shape index (κ1) is 20.6. The highest BCUT2D eigenvalue weighted by atomic mass is 35.5. The van der Waals surface area contributed by atoms with Crippen molar-refractivity contribution in [1.82, 2.24) is 25.0 Å². The van der Waals surface area contributed by atoms with Crippen LogP contribution in [0.25, 0.3) is 5.69 Å². The third-order valence-corrected chi connectivity index (χ3v) is 4.26. The van der Waals surface area contributed by atoms with Gasteiger partial charge in [0.25, 0.3) is 0 Å². The minimum atomic E-state index is -4.59. The topological polar surface area (TPSA) is 77.8 Å². The molecule has 0 aliphatic heterocycles. The molecule has 0 radical (unpaired) electrons. The Kier molecular flexibility index (Phi) is 5.72. The van der Waals surface area contributed by atoms with Gasteiger partial charge in [-0.05, 0) is 48.5 Å². The molecule has 0 aliphatic carbocycles. The second-order valence-electron chi connectivity index (χ2n) is 6.35. The fraction of sp³-hybridized carbons (Fsp3) is 0.100. The molecule has 7 nitrogen and oxygen atoms in total. The SMILES string of the molecule is FC(F)(F)c1cc(NCc2cn(-c3ccc(Oc4cccnc4)cc3)nn2)cc(Cl)n1. The summed E-state index contributed by atoms with van der Waals surface area (Å²) < 4.78 is 45.8. The van der Waals surface area contributed by atoms with Crippen LogP contribution >= 0.6 is 11.6 Å². The van der Waals surface area contributed by atoms with Crippen LogP contribution in [0.15, 0.2) is 67.1 Å². The molecule has 31 heavy (non-hydrogen) atoms. The highest BCUT2D eigenvalue weighted by Gasteiger charge is 2.33. The molecule has 0 fully saturated rings. The standard InChI is InChI=1S/C20H14ClF3N6O/c21-19-9-13(8-18(27-19)20(22,23)24)26-10-14-12-30(29-28-14)15-3-5-16(6-4-15)31-17-2-1-7-25-11-17/h1-9,11-12H,10H2,(H,26,27). The van der Waals surface area contributed by atoms with E-state index in [4.69, 9.17) is 16.3 Å². The van der Waals surface area contributed by atoms with Gasteiger partial charge in [0.05, 0.1) is 24.6 Å². The van der Waals surface area contributed by atoms with E-state index in [1.54, 1.807) is 59.7 Å². The van der Waals surface area contributed by atoms with E-state index >= 15 is 0 Å². The van der Waals surface area contributed by atoms with Crippen LogP contribution in [0.3, 0.4) is 0 Å². The molecule has 0 saturated heterocycles. The summed E-state index contributed by atoms with van der Waals surface area (Å²) >= 11 is 5.69. The zero-order valence-electron chi connectivity index (χ0n) is 15.7. The van der Waals surface area contributed by atoms with Gasteiger partial charge < -0.3 is 10.1 Å². The molecule has 0 unspecified atom stereocenters. The van der Waals surface area contributed by atoms with Gasteiger partial charge in [0, 0.05) is 11.9 Å². The molecule has 3 aromatic heterocycles. The van der Waals surface area contributed by atoms with Gasteiger partial charge in [-0.3, -0.25) is 4.98 Å². The van der Waals surface area contributed by atoms with Crippen LogP contribution in [0, 0.1) is 0 Å². The lowest BCUT2D eigenvalue weighted by atomic mass is 10.3. The molecular formula is C20H14ClF3N6O. The Balaban J connectivity index is 1.41. The Bertz CT molecular complexity index is 1170. The number of aromatic nitrogens is 5. The van der Waals surface area contributed by atoms with Crippen LogP contribution in [-0.4, -0.2) is 25.0 Å². The minimum absolute atomic E-state index is 0.153. The van der Waals surface area contributed by atoms with E-state index < -0.39 is 11.9 Å². The van der Waals surface area contributed by atoms with E-state index in [2.05, 4.69) is 25.6 Å². The van der Waals surface area contributed by atoms with E-state index in [1.165, 1.54) is 6.07 Å². The summed E-state index contributed by atoms with van der Waals surface area (Å²) in [5, 5.41) is 10.7. The molecule has 4 aromatic rings. The maximum Gasteiger partial charge on any atom is 0.433 e. The van der Waals surface area contributed by atoms with E-state index in [0.717, 1.165) is 11.8 Å². The predicted molar refractivity (Wildman–Crippen MR) is 107 cm³/mol. The quantitative estimate of drug-likeness (QED) is 0.413. The Hall–Kier alpha value is -3.66. The molecule has 0 spiro atoms. The van der Waals surface area contributed by atoms with E-state index in [0.29, 0.717) is 17.2 Å². The molecule has 4 rings (SSSR count). The van der Waals surface area contributed by atoms with Crippen LogP contribution in [0.5, 0.6) is 11.5 Å². The Morgan fingerprint density at radius 3 is 2.58 bits per heavy atom. The number of ether oxygens (including phenoxy) is 1. The van der Waals surface area contributed by atoms with Crippen LogP contribution < -0.4 is 10.1 Å². The molecule has 0 atom stereocenters. The molecule has 0 saturated carbocycles. The van der Waals surface area contributed by atoms with Gasteiger partial charge >= 0.3 is 6.18 Å². The lowest BCUT2D eigenvalue weighted by Crippen LogP contribution is -2.09. The molecular weight excluding hydrogens is 433 g/mol. The molecule has 1 N–H and O–H groups in total. The van der Waals surface area contributed by atoms with Gasteiger partial charge in [0.1, 0.15) is 28.0 Å². The highest BCUT2D eigenvalue weighted by molar-refractivity contribution is 6.29. The number of alkyl halides is 3. The Labute approximate surface area is 179 Å².